The van der Waals surface area contributed by atoms with Crippen molar-refractivity contribution in [1.82, 2.24) is 0 Å². The second kappa shape index (κ2) is 6.90. The van der Waals surface area contributed by atoms with E-state index in [4.69, 9.17) is 0 Å². The smallest absolute Gasteiger partial charge is 0.305 e. The zero-order valence-electron chi connectivity index (χ0n) is 12.1. The van der Waals surface area contributed by atoms with Gasteiger partial charge in [0.15, 0.2) is 0 Å². The van der Waals surface area contributed by atoms with Crippen molar-refractivity contribution in [2.75, 3.05) is 7.11 Å². The van der Waals surface area contributed by atoms with E-state index < -0.39 is 0 Å². The Hall–Kier alpha value is -2.09. The highest BCUT2D eigenvalue weighted by atomic mass is 16.5. The number of ether oxygens (including phenoxy) is 1. The van der Waals surface area contributed by atoms with Crippen LogP contribution in [0.2, 0.25) is 0 Å². The predicted molar refractivity (Wildman–Crippen MR) is 83.6 cm³/mol. The first-order valence-corrected chi connectivity index (χ1v) is 6.93. The number of aryl methyl sites for hydroxylation is 1. The molecule has 104 valence electrons. The predicted octanol–water partition coefficient (Wildman–Crippen LogP) is 4.50. The minimum Gasteiger partial charge on any atom is -0.469 e. The van der Waals surface area contributed by atoms with Crippen molar-refractivity contribution < 1.29 is 9.53 Å². The molecule has 0 aliphatic heterocycles. The molecule has 0 fully saturated rings. The van der Waals surface area contributed by atoms with Gasteiger partial charge in [0.25, 0.3) is 0 Å². The summed E-state index contributed by atoms with van der Waals surface area (Å²) in [6.45, 7) is 2.11. The fourth-order valence-electron chi connectivity index (χ4n) is 2.17. The Bertz CT molecular complexity index is 626. The summed E-state index contributed by atoms with van der Waals surface area (Å²) in [4.78, 5) is 11.0. The second-order valence-electron chi connectivity index (χ2n) is 4.98. The highest BCUT2D eigenvalue weighted by Crippen LogP contribution is 2.18. The molecule has 0 saturated carbocycles. The maximum Gasteiger partial charge on any atom is 0.305 e. The number of methoxy groups -OCH3 is 1. The number of carbonyl (C=O) groups excluding carboxylic acids is 1. The van der Waals surface area contributed by atoms with Gasteiger partial charge in [-0.15, -0.1) is 0 Å². The number of esters is 1. The van der Waals surface area contributed by atoms with Gasteiger partial charge in [-0.05, 0) is 42.2 Å². The molecule has 0 aliphatic rings. The summed E-state index contributed by atoms with van der Waals surface area (Å²) in [7, 11) is 1.43. The van der Waals surface area contributed by atoms with Gasteiger partial charge in [-0.2, -0.15) is 0 Å². The average Bonchev–Trinajstić information content (AvgIpc) is 2.46. The first-order chi connectivity index (χ1) is 9.69. The molecule has 2 heteroatoms. The van der Waals surface area contributed by atoms with Gasteiger partial charge < -0.3 is 4.74 Å². The number of fused-ring (bicyclic) bond motifs is 1. The van der Waals surface area contributed by atoms with Crippen molar-refractivity contribution >= 4 is 22.8 Å². The van der Waals surface area contributed by atoms with Crippen LogP contribution in [0.1, 0.15) is 30.4 Å². The summed E-state index contributed by atoms with van der Waals surface area (Å²) < 4.78 is 4.61. The highest BCUT2D eigenvalue weighted by Gasteiger charge is 1.97. The monoisotopic (exact) mass is 268 g/mol. The number of benzene rings is 2. The Morgan fingerprint density at radius 2 is 1.90 bits per heavy atom. The Morgan fingerprint density at radius 3 is 2.70 bits per heavy atom. The lowest BCUT2D eigenvalue weighted by molar-refractivity contribution is -0.140. The molecular formula is C18H20O2. The van der Waals surface area contributed by atoms with E-state index in [0.29, 0.717) is 6.42 Å². The minimum atomic E-state index is -0.139. The van der Waals surface area contributed by atoms with Gasteiger partial charge in [0.05, 0.1) is 7.11 Å². The third-order valence-corrected chi connectivity index (χ3v) is 3.31. The zero-order valence-corrected chi connectivity index (χ0v) is 12.1. The molecule has 0 aromatic heterocycles. The first kappa shape index (κ1) is 14.3. The Balaban J connectivity index is 1.96. The number of unbranched alkanes of at least 4 members (excludes halogenated alkanes) is 1. The van der Waals surface area contributed by atoms with E-state index in [1.807, 2.05) is 0 Å². The van der Waals surface area contributed by atoms with Crippen LogP contribution in [0.25, 0.3) is 16.8 Å². The molecule has 2 aromatic carbocycles. The molecular weight excluding hydrogens is 248 g/mol. The average molecular weight is 268 g/mol. The Kier molecular flexibility index (Phi) is 4.94. The molecule has 0 aliphatic carbocycles. The van der Waals surface area contributed by atoms with E-state index in [2.05, 4.69) is 60.2 Å². The summed E-state index contributed by atoms with van der Waals surface area (Å²) in [6, 6.07) is 12.9. The number of allylic oxidation sites excluding steroid dienone is 1. The largest absolute Gasteiger partial charge is 0.469 e. The first-order valence-electron chi connectivity index (χ1n) is 6.93. The molecule has 0 bridgehead atoms. The van der Waals surface area contributed by atoms with Crippen LogP contribution >= 0.6 is 0 Å². The van der Waals surface area contributed by atoms with Gasteiger partial charge >= 0.3 is 5.97 Å². The van der Waals surface area contributed by atoms with Gasteiger partial charge in [0.1, 0.15) is 0 Å². The molecule has 0 N–H and O–H groups in total. The zero-order chi connectivity index (χ0) is 14.4. The standard InChI is InChI=1S/C18H20O2/c1-14-8-10-17-13-15(9-11-16(17)12-14)6-4-3-5-7-18(19)20-2/h4,6,8-13H,3,5,7H2,1-2H3/b6-4+. The normalized spacial score (nSPS) is 11.1. The molecule has 2 aromatic rings. The van der Waals surface area contributed by atoms with Crippen molar-refractivity contribution in [3.8, 4) is 0 Å². The lowest BCUT2D eigenvalue weighted by Crippen LogP contribution is -1.98. The molecule has 20 heavy (non-hydrogen) atoms. The van der Waals surface area contributed by atoms with E-state index in [-0.39, 0.29) is 5.97 Å². The second-order valence-corrected chi connectivity index (χ2v) is 4.98. The van der Waals surface area contributed by atoms with Crippen LogP contribution < -0.4 is 0 Å². The summed E-state index contributed by atoms with van der Waals surface area (Å²) in [5.41, 5.74) is 2.48. The molecule has 0 radical (unpaired) electrons. The maximum atomic E-state index is 11.0. The van der Waals surface area contributed by atoms with Crippen LogP contribution in [0.5, 0.6) is 0 Å². The number of rotatable bonds is 5. The molecule has 0 atom stereocenters. The Morgan fingerprint density at radius 1 is 1.15 bits per heavy atom. The van der Waals surface area contributed by atoms with Gasteiger partial charge in [-0.25, -0.2) is 0 Å². The lowest BCUT2D eigenvalue weighted by Gasteiger charge is -2.01. The fraction of sp³-hybridized carbons (Fsp3) is 0.278. The van der Waals surface area contributed by atoms with Crippen LogP contribution in [-0.4, -0.2) is 13.1 Å². The number of carbonyl (C=O) groups is 1. The van der Waals surface area contributed by atoms with Crippen molar-refractivity contribution in [2.24, 2.45) is 0 Å². The van der Waals surface area contributed by atoms with Gasteiger partial charge in [-0.1, -0.05) is 48.0 Å². The molecule has 0 heterocycles. The molecule has 0 saturated heterocycles. The van der Waals surface area contributed by atoms with E-state index >= 15 is 0 Å². The minimum absolute atomic E-state index is 0.139. The van der Waals surface area contributed by atoms with Crippen LogP contribution in [-0.2, 0) is 9.53 Å². The molecule has 2 rings (SSSR count). The lowest BCUT2D eigenvalue weighted by atomic mass is 10.0. The van der Waals surface area contributed by atoms with E-state index in [1.165, 1.54) is 29.0 Å². The Labute approximate surface area is 120 Å². The quantitative estimate of drug-likeness (QED) is 0.589. The third-order valence-electron chi connectivity index (χ3n) is 3.31. The van der Waals surface area contributed by atoms with Gasteiger partial charge in [-0.3, -0.25) is 4.79 Å². The van der Waals surface area contributed by atoms with Crippen LogP contribution in [0.3, 0.4) is 0 Å². The number of hydrogen-bond acceptors (Lipinski definition) is 2. The summed E-state index contributed by atoms with van der Waals surface area (Å²) in [5.74, 6) is -0.139. The summed E-state index contributed by atoms with van der Waals surface area (Å²) in [5, 5.41) is 2.53. The molecule has 0 spiro atoms. The highest BCUT2D eigenvalue weighted by molar-refractivity contribution is 5.85. The SMILES string of the molecule is COC(=O)CCC/C=C/c1ccc2cc(C)ccc2c1. The van der Waals surface area contributed by atoms with Crippen molar-refractivity contribution in [3.63, 3.8) is 0 Å². The van der Waals surface area contributed by atoms with Gasteiger partial charge in [0, 0.05) is 6.42 Å². The maximum absolute atomic E-state index is 11.0. The number of hydrogen-bond donors (Lipinski definition) is 0. The molecule has 0 unspecified atom stereocenters. The topological polar surface area (TPSA) is 26.3 Å². The van der Waals surface area contributed by atoms with E-state index in [0.717, 1.165) is 12.8 Å². The van der Waals surface area contributed by atoms with E-state index in [1.54, 1.807) is 0 Å². The van der Waals surface area contributed by atoms with Crippen molar-refractivity contribution in [3.05, 3.63) is 53.6 Å². The fourth-order valence-corrected chi connectivity index (χ4v) is 2.17. The molecule has 2 nitrogen and oxygen atoms in total. The van der Waals surface area contributed by atoms with E-state index in [9.17, 15) is 4.79 Å². The molecule has 0 amide bonds. The van der Waals surface area contributed by atoms with Crippen LogP contribution in [0.4, 0.5) is 0 Å². The van der Waals surface area contributed by atoms with Crippen molar-refractivity contribution in [1.29, 1.82) is 0 Å². The third kappa shape index (κ3) is 3.95. The summed E-state index contributed by atoms with van der Waals surface area (Å²) >= 11 is 0. The van der Waals surface area contributed by atoms with Crippen LogP contribution in [0.15, 0.2) is 42.5 Å². The summed E-state index contributed by atoms with van der Waals surface area (Å²) in [6.07, 6.45) is 6.42. The van der Waals surface area contributed by atoms with Gasteiger partial charge in [0.2, 0.25) is 0 Å². The van der Waals surface area contributed by atoms with Crippen molar-refractivity contribution in [2.45, 2.75) is 26.2 Å². The van der Waals surface area contributed by atoms with Crippen LogP contribution in [0, 0.1) is 6.92 Å².